The summed E-state index contributed by atoms with van der Waals surface area (Å²) in [6.45, 7) is -2.66. The maximum absolute atomic E-state index is 12.4. The van der Waals surface area contributed by atoms with Gasteiger partial charge in [-0.25, -0.2) is 0 Å². The van der Waals surface area contributed by atoms with Crippen LogP contribution in [0.25, 0.3) is 0 Å². The van der Waals surface area contributed by atoms with E-state index in [1.165, 1.54) is 31.3 Å². The molecule has 124 valence electrons. The van der Waals surface area contributed by atoms with Crippen LogP contribution in [0.3, 0.4) is 0 Å². The van der Waals surface area contributed by atoms with Gasteiger partial charge in [0, 0.05) is 20.7 Å². The molecule has 0 spiro atoms. The predicted octanol–water partition coefficient (Wildman–Crippen LogP) is 1.23. The molecule has 0 aromatic heterocycles. The van der Waals surface area contributed by atoms with E-state index in [1.807, 2.05) is 0 Å². The van der Waals surface area contributed by atoms with Gasteiger partial charge >= 0.3 is 6.61 Å². The first-order valence-corrected chi connectivity index (χ1v) is 6.50. The normalized spacial score (nSPS) is 12.1. The van der Waals surface area contributed by atoms with Crippen molar-refractivity contribution in [3.63, 3.8) is 0 Å². The van der Waals surface area contributed by atoms with Crippen molar-refractivity contribution in [1.29, 1.82) is 0 Å². The number of benzene rings is 1. The van der Waals surface area contributed by atoms with Crippen molar-refractivity contribution in [2.45, 2.75) is 19.2 Å². The second-order valence-corrected chi connectivity index (χ2v) is 4.62. The van der Waals surface area contributed by atoms with E-state index in [1.54, 1.807) is 13.1 Å². The molecule has 22 heavy (non-hydrogen) atoms. The van der Waals surface area contributed by atoms with Crippen molar-refractivity contribution in [2.24, 2.45) is 5.73 Å². The van der Waals surface area contributed by atoms with E-state index in [-0.39, 0.29) is 30.6 Å². The second-order valence-electron chi connectivity index (χ2n) is 4.62. The number of alkyl halides is 2. The highest BCUT2D eigenvalue weighted by Crippen LogP contribution is 2.29. The molecule has 0 aliphatic carbocycles. The van der Waals surface area contributed by atoms with Crippen molar-refractivity contribution in [1.82, 2.24) is 4.90 Å². The van der Waals surface area contributed by atoms with Crippen LogP contribution in [0, 0.1) is 0 Å². The summed E-state index contributed by atoms with van der Waals surface area (Å²) in [4.78, 5) is 13.4. The highest BCUT2D eigenvalue weighted by atomic mass is 19.3. The molecule has 0 saturated carbocycles. The minimum absolute atomic E-state index is 0.0861. The Kier molecular flexibility index (Phi) is 7.00. The first-order chi connectivity index (χ1) is 10.4. The number of hydrogen-bond donors (Lipinski definition) is 1. The van der Waals surface area contributed by atoms with Gasteiger partial charge in [-0.05, 0) is 17.7 Å². The third kappa shape index (κ3) is 5.12. The third-order valence-electron chi connectivity index (χ3n) is 2.90. The van der Waals surface area contributed by atoms with E-state index < -0.39 is 12.7 Å². The summed E-state index contributed by atoms with van der Waals surface area (Å²) in [5, 5.41) is 0. The Hall–Kier alpha value is -1.93. The van der Waals surface area contributed by atoms with Crippen LogP contribution in [-0.2, 0) is 16.1 Å². The molecule has 0 saturated heterocycles. The Morgan fingerprint density at radius 3 is 2.55 bits per heavy atom. The summed E-state index contributed by atoms with van der Waals surface area (Å²) in [6, 6.07) is 3.78. The van der Waals surface area contributed by atoms with E-state index in [4.69, 9.17) is 15.2 Å². The zero-order valence-electron chi connectivity index (χ0n) is 12.7. The third-order valence-corrected chi connectivity index (χ3v) is 2.90. The van der Waals surface area contributed by atoms with Crippen LogP contribution in [0.4, 0.5) is 8.78 Å². The minimum Gasteiger partial charge on any atom is -0.493 e. The number of nitrogens with zero attached hydrogens (tertiary/aromatic N) is 1. The molecule has 1 rings (SSSR count). The van der Waals surface area contributed by atoms with Gasteiger partial charge in [0.15, 0.2) is 11.5 Å². The molecule has 0 aliphatic heterocycles. The largest absolute Gasteiger partial charge is 0.493 e. The van der Waals surface area contributed by atoms with Gasteiger partial charge < -0.3 is 24.8 Å². The van der Waals surface area contributed by atoms with Gasteiger partial charge in [-0.2, -0.15) is 8.78 Å². The first-order valence-electron chi connectivity index (χ1n) is 6.50. The Labute approximate surface area is 127 Å². The van der Waals surface area contributed by atoms with Crippen LogP contribution in [0.1, 0.15) is 5.56 Å². The van der Waals surface area contributed by atoms with Crippen LogP contribution in [0.15, 0.2) is 18.2 Å². The molecular weight excluding hydrogens is 298 g/mol. The summed E-state index contributed by atoms with van der Waals surface area (Å²) in [7, 11) is 4.37. The predicted molar refractivity (Wildman–Crippen MR) is 76.0 cm³/mol. The number of rotatable bonds is 8. The summed E-state index contributed by atoms with van der Waals surface area (Å²) in [5.74, 6) is -0.208. The van der Waals surface area contributed by atoms with E-state index in [0.29, 0.717) is 5.56 Å². The van der Waals surface area contributed by atoms with Gasteiger partial charge in [-0.3, -0.25) is 4.79 Å². The first kappa shape index (κ1) is 18.1. The average Bonchev–Trinajstić information content (AvgIpc) is 2.46. The SMILES string of the molecule is COCC(N)C(=O)N(C)Cc1ccc(OC)c(OC(F)F)c1. The number of carbonyl (C=O) groups excluding carboxylic acids is 1. The maximum Gasteiger partial charge on any atom is 0.387 e. The van der Waals surface area contributed by atoms with Crippen molar-refractivity contribution in [2.75, 3.05) is 27.9 Å². The fraction of sp³-hybridized carbons (Fsp3) is 0.500. The van der Waals surface area contributed by atoms with Crippen molar-refractivity contribution in [3.8, 4) is 11.5 Å². The molecule has 1 aromatic rings. The monoisotopic (exact) mass is 318 g/mol. The van der Waals surface area contributed by atoms with Gasteiger partial charge in [0.2, 0.25) is 5.91 Å². The van der Waals surface area contributed by atoms with Gasteiger partial charge in [0.1, 0.15) is 6.04 Å². The van der Waals surface area contributed by atoms with Crippen molar-refractivity contribution in [3.05, 3.63) is 23.8 Å². The number of nitrogens with two attached hydrogens (primary N) is 1. The summed E-state index contributed by atoms with van der Waals surface area (Å²) < 4.78 is 38.9. The van der Waals surface area contributed by atoms with Crippen LogP contribution in [-0.4, -0.2) is 51.3 Å². The van der Waals surface area contributed by atoms with E-state index in [2.05, 4.69) is 4.74 Å². The van der Waals surface area contributed by atoms with E-state index >= 15 is 0 Å². The van der Waals surface area contributed by atoms with Gasteiger partial charge in [0.25, 0.3) is 0 Å². The Balaban J connectivity index is 2.82. The molecule has 8 heteroatoms. The highest BCUT2D eigenvalue weighted by Gasteiger charge is 2.19. The number of hydrogen-bond acceptors (Lipinski definition) is 5. The average molecular weight is 318 g/mol. The fourth-order valence-corrected chi connectivity index (χ4v) is 1.89. The minimum atomic E-state index is -2.96. The number of ether oxygens (including phenoxy) is 3. The number of methoxy groups -OCH3 is 2. The van der Waals surface area contributed by atoms with Crippen LogP contribution >= 0.6 is 0 Å². The zero-order valence-corrected chi connectivity index (χ0v) is 12.7. The van der Waals surface area contributed by atoms with Gasteiger partial charge in [-0.15, -0.1) is 0 Å². The molecule has 6 nitrogen and oxygen atoms in total. The molecule has 1 aromatic carbocycles. The molecule has 0 radical (unpaired) electrons. The zero-order chi connectivity index (χ0) is 16.7. The van der Waals surface area contributed by atoms with Crippen molar-refractivity contribution >= 4 is 5.91 Å². The number of likely N-dealkylation sites (N-methyl/N-ethyl adjacent to an activating group) is 1. The van der Waals surface area contributed by atoms with Crippen LogP contribution in [0.5, 0.6) is 11.5 Å². The van der Waals surface area contributed by atoms with Gasteiger partial charge in [-0.1, -0.05) is 6.07 Å². The van der Waals surface area contributed by atoms with Crippen molar-refractivity contribution < 1.29 is 27.8 Å². The van der Waals surface area contributed by atoms with Crippen LogP contribution < -0.4 is 15.2 Å². The summed E-state index contributed by atoms with van der Waals surface area (Å²) >= 11 is 0. The summed E-state index contributed by atoms with van der Waals surface area (Å²) in [6.07, 6.45) is 0. The maximum atomic E-state index is 12.4. The van der Waals surface area contributed by atoms with E-state index in [9.17, 15) is 13.6 Å². The lowest BCUT2D eigenvalue weighted by atomic mass is 10.1. The lowest BCUT2D eigenvalue weighted by molar-refractivity contribution is -0.133. The van der Waals surface area contributed by atoms with E-state index in [0.717, 1.165) is 0 Å². The molecule has 0 bridgehead atoms. The highest BCUT2D eigenvalue weighted by molar-refractivity contribution is 5.81. The molecule has 0 aliphatic rings. The Morgan fingerprint density at radius 1 is 1.32 bits per heavy atom. The fourth-order valence-electron chi connectivity index (χ4n) is 1.89. The number of halogens is 2. The molecule has 1 unspecified atom stereocenters. The standard InChI is InChI=1S/C14H20F2N2O4/c1-18(13(19)10(17)8-20-2)7-9-4-5-11(21-3)12(6-9)22-14(15)16/h4-6,10,14H,7-8,17H2,1-3H3. The Morgan fingerprint density at radius 2 is 2.00 bits per heavy atom. The lowest BCUT2D eigenvalue weighted by Crippen LogP contribution is -2.44. The summed E-state index contributed by atoms with van der Waals surface area (Å²) in [5.41, 5.74) is 6.27. The lowest BCUT2D eigenvalue weighted by Gasteiger charge is -2.21. The quantitative estimate of drug-likeness (QED) is 0.780. The number of amides is 1. The Bertz CT molecular complexity index is 500. The molecule has 0 heterocycles. The second kappa shape index (κ2) is 8.50. The smallest absolute Gasteiger partial charge is 0.387 e. The molecule has 0 fully saturated rings. The topological polar surface area (TPSA) is 74.0 Å². The van der Waals surface area contributed by atoms with Crippen LogP contribution in [0.2, 0.25) is 0 Å². The molecular formula is C14H20F2N2O4. The molecule has 2 N–H and O–H groups in total. The molecule has 1 amide bonds. The number of carbonyl (C=O) groups is 1. The van der Waals surface area contributed by atoms with Gasteiger partial charge in [0.05, 0.1) is 13.7 Å². The molecule has 1 atom stereocenters.